The number of hydrogen-bond donors (Lipinski definition) is 1. The van der Waals surface area contributed by atoms with Gasteiger partial charge in [-0.3, -0.25) is 9.48 Å². The summed E-state index contributed by atoms with van der Waals surface area (Å²) in [5.41, 5.74) is 1.41. The van der Waals surface area contributed by atoms with Crippen molar-refractivity contribution >= 4 is 11.9 Å². The topological polar surface area (TPSA) is 84.7 Å². The molecule has 1 aliphatic heterocycles. The van der Waals surface area contributed by atoms with E-state index in [1.165, 1.54) is 4.90 Å². The molecule has 1 unspecified atom stereocenters. The number of hydrogen-bond acceptors (Lipinski definition) is 4. The van der Waals surface area contributed by atoms with Crippen molar-refractivity contribution in [3.8, 4) is 0 Å². The van der Waals surface area contributed by atoms with Gasteiger partial charge in [0, 0.05) is 13.1 Å². The number of morpholine rings is 1. The molecule has 2 heterocycles. The molecular weight excluding hydrogens is 286 g/mol. The van der Waals surface area contributed by atoms with E-state index < -0.39 is 12.1 Å². The van der Waals surface area contributed by atoms with Gasteiger partial charge in [-0.15, -0.1) is 0 Å². The number of carboxylic acids is 1. The lowest BCUT2D eigenvalue weighted by atomic mass is 10.1. The minimum Gasteiger partial charge on any atom is -0.479 e. The molecule has 0 radical (unpaired) electrons. The van der Waals surface area contributed by atoms with Crippen molar-refractivity contribution < 1.29 is 19.4 Å². The van der Waals surface area contributed by atoms with E-state index >= 15 is 0 Å². The van der Waals surface area contributed by atoms with Gasteiger partial charge in [-0.05, 0) is 25.3 Å². The molecule has 2 rings (SSSR count). The Kier molecular flexibility index (Phi) is 5.18. The van der Waals surface area contributed by atoms with Crippen LogP contribution >= 0.6 is 0 Å². The summed E-state index contributed by atoms with van der Waals surface area (Å²) in [4.78, 5) is 25.2. The number of nitrogens with zero attached hydrogens (tertiary/aromatic N) is 3. The summed E-state index contributed by atoms with van der Waals surface area (Å²) in [6.07, 6.45) is -0.139. The fourth-order valence-corrected chi connectivity index (χ4v) is 2.55. The number of aryl methyl sites for hydroxylation is 1. The van der Waals surface area contributed by atoms with Gasteiger partial charge in [0.1, 0.15) is 5.69 Å². The highest BCUT2D eigenvalue weighted by Crippen LogP contribution is 2.15. The third-order valence-electron chi connectivity index (χ3n) is 3.60. The Morgan fingerprint density at radius 3 is 2.82 bits per heavy atom. The van der Waals surface area contributed by atoms with Crippen LogP contribution in [-0.4, -0.2) is 57.5 Å². The fraction of sp³-hybridized carbons (Fsp3) is 0.667. The molecule has 22 heavy (non-hydrogen) atoms. The fourth-order valence-electron chi connectivity index (χ4n) is 2.55. The molecule has 1 atom stereocenters. The molecule has 1 amide bonds. The summed E-state index contributed by atoms with van der Waals surface area (Å²) in [7, 11) is 0. The van der Waals surface area contributed by atoms with E-state index in [1.807, 2.05) is 13.0 Å². The van der Waals surface area contributed by atoms with Gasteiger partial charge < -0.3 is 14.7 Å². The molecule has 1 saturated heterocycles. The highest BCUT2D eigenvalue weighted by molar-refractivity contribution is 5.93. The maximum absolute atomic E-state index is 12.7. The van der Waals surface area contributed by atoms with Crippen molar-refractivity contribution in [2.45, 2.75) is 39.8 Å². The van der Waals surface area contributed by atoms with Crippen LogP contribution in [0.15, 0.2) is 6.07 Å². The molecule has 1 aromatic heterocycles. The third-order valence-corrected chi connectivity index (χ3v) is 3.60. The highest BCUT2D eigenvalue weighted by Gasteiger charge is 2.31. The standard InChI is InChI=1S/C15H23N3O4/c1-4-18-12(8-11(16-18)7-10(2)3)14(19)17-5-6-22-13(9-17)15(20)21/h8,10,13H,4-7,9H2,1-3H3,(H,20,21). The molecule has 1 fully saturated rings. The average molecular weight is 309 g/mol. The maximum Gasteiger partial charge on any atom is 0.334 e. The largest absolute Gasteiger partial charge is 0.479 e. The zero-order valence-electron chi connectivity index (χ0n) is 13.3. The van der Waals surface area contributed by atoms with Gasteiger partial charge in [0.25, 0.3) is 5.91 Å². The second-order valence-electron chi connectivity index (χ2n) is 5.88. The zero-order valence-corrected chi connectivity index (χ0v) is 13.3. The van der Waals surface area contributed by atoms with Crippen molar-refractivity contribution in [2.24, 2.45) is 5.92 Å². The molecule has 1 aromatic rings. The Morgan fingerprint density at radius 2 is 2.23 bits per heavy atom. The monoisotopic (exact) mass is 309 g/mol. The predicted molar refractivity (Wildman–Crippen MR) is 79.7 cm³/mol. The molecule has 0 spiro atoms. The van der Waals surface area contributed by atoms with Crippen LogP contribution in [0.1, 0.15) is 37.0 Å². The number of carboxylic acid groups (broad SMARTS) is 1. The molecule has 7 nitrogen and oxygen atoms in total. The van der Waals surface area contributed by atoms with E-state index in [2.05, 4.69) is 18.9 Å². The van der Waals surface area contributed by atoms with Crippen LogP contribution in [0.5, 0.6) is 0 Å². The molecule has 0 aliphatic carbocycles. The normalized spacial score (nSPS) is 18.7. The molecule has 1 N–H and O–H groups in total. The van der Waals surface area contributed by atoms with Gasteiger partial charge in [-0.25, -0.2) is 4.79 Å². The minimum atomic E-state index is -1.04. The van der Waals surface area contributed by atoms with Crippen LogP contribution < -0.4 is 0 Å². The van der Waals surface area contributed by atoms with E-state index in [-0.39, 0.29) is 19.1 Å². The number of aromatic nitrogens is 2. The minimum absolute atomic E-state index is 0.0720. The molecular formula is C15H23N3O4. The first-order chi connectivity index (χ1) is 10.4. The quantitative estimate of drug-likeness (QED) is 0.878. The van der Waals surface area contributed by atoms with Crippen LogP contribution in [0, 0.1) is 5.92 Å². The number of rotatable bonds is 5. The van der Waals surface area contributed by atoms with E-state index in [4.69, 9.17) is 9.84 Å². The summed E-state index contributed by atoms with van der Waals surface area (Å²) < 4.78 is 6.84. The zero-order chi connectivity index (χ0) is 16.3. The van der Waals surface area contributed by atoms with Crippen molar-refractivity contribution in [3.05, 3.63) is 17.5 Å². The van der Waals surface area contributed by atoms with Gasteiger partial charge in [-0.2, -0.15) is 5.10 Å². The molecule has 7 heteroatoms. The molecule has 0 aromatic carbocycles. The van der Waals surface area contributed by atoms with Gasteiger partial charge in [0.2, 0.25) is 0 Å². The van der Waals surface area contributed by atoms with Gasteiger partial charge in [-0.1, -0.05) is 13.8 Å². The van der Waals surface area contributed by atoms with Crippen molar-refractivity contribution in [2.75, 3.05) is 19.7 Å². The van der Waals surface area contributed by atoms with Crippen molar-refractivity contribution in [1.82, 2.24) is 14.7 Å². The number of carbonyl (C=O) groups excluding carboxylic acids is 1. The lowest BCUT2D eigenvalue weighted by Crippen LogP contribution is -2.48. The Hall–Kier alpha value is -1.89. The van der Waals surface area contributed by atoms with Gasteiger partial charge >= 0.3 is 5.97 Å². The van der Waals surface area contributed by atoms with Gasteiger partial charge in [0.05, 0.1) is 18.8 Å². The van der Waals surface area contributed by atoms with Crippen LogP contribution in [-0.2, 0) is 22.5 Å². The van der Waals surface area contributed by atoms with Crippen LogP contribution in [0.2, 0.25) is 0 Å². The van der Waals surface area contributed by atoms with Crippen LogP contribution in [0.25, 0.3) is 0 Å². The lowest BCUT2D eigenvalue weighted by molar-refractivity contribution is -0.154. The Bertz CT molecular complexity index is 553. The second-order valence-corrected chi connectivity index (χ2v) is 5.88. The Morgan fingerprint density at radius 1 is 1.50 bits per heavy atom. The lowest BCUT2D eigenvalue weighted by Gasteiger charge is -2.30. The first kappa shape index (κ1) is 16.5. The molecule has 122 valence electrons. The Labute approximate surface area is 129 Å². The van der Waals surface area contributed by atoms with Crippen LogP contribution in [0.4, 0.5) is 0 Å². The van der Waals surface area contributed by atoms with Gasteiger partial charge in [0.15, 0.2) is 6.10 Å². The van der Waals surface area contributed by atoms with Crippen molar-refractivity contribution in [1.29, 1.82) is 0 Å². The maximum atomic E-state index is 12.7. The summed E-state index contributed by atoms with van der Waals surface area (Å²) in [6, 6.07) is 1.82. The average Bonchev–Trinajstić information content (AvgIpc) is 2.88. The van der Waals surface area contributed by atoms with E-state index in [1.54, 1.807) is 4.68 Å². The van der Waals surface area contributed by atoms with Crippen LogP contribution in [0.3, 0.4) is 0 Å². The van der Waals surface area contributed by atoms with E-state index in [9.17, 15) is 9.59 Å². The molecule has 0 saturated carbocycles. The third kappa shape index (κ3) is 3.65. The van der Waals surface area contributed by atoms with Crippen molar-refractivity contribution in [3.63, 3.8) is 0 Å². The smallest absolute Gasteiger partial charge is 0.334 e. The number of ether oxygens (including phenoxy) is 1. The predicted octanol–water partition coefficient (Wildman–Crippen LogP) is 1.03. The highest BCUT2D eigenvalue weighted by atomic mass is 16.5. The number of amides is 1. The molecule has 1 aliphatic rings. The number of aliphatic carboxylic acids is 1. The van der Waals surface area contributed by atoms with E-state index in [0.29, 0.717) is 24.7 Å². The SMILES string of the molecule is CCn1nc(CC(C)C)cc1C(=O)N1CCOC(C(=O)O)C1. The Balaban J connectivity index is 2.17. The summed E-state index contributed by atoms with van der Waals surface area (Å²) in [6.45, 7) is 7.45. The first-order valence-electron chi connectivity index (χ1n) is 7.62. The molecule has 0 bridgehead atoms. The van der Waals surface area contributed by atoms with E-state index in [0.717, 1.165) is 12.1 Å². The first-order valence-corrected chi connectivity index (χ1v) is 7.62. The summed E-state index contributed by atoms with van der Waals surface area (Å²) in [5.74, 6) is -0.760. The summed E-state index contributed by atoms with van der Waals surface area (Å²) >= 11 is 0. The number of carbonyl (C=O) groups is 2. The summed E-state index contributed by atoms with van der Waals surface area (Å²) in [5, 5.41) is 13.5. The second kappa shape index (κ2) is 6.91.